The highest BCUT2D eigenvalue weighted by Crippen LogP contribution is 2.33. The number of aromatic nitrogens is 3. The van der Waals surface area contributed by atoms with Gasteiger partial charge in [0.05, 0.1) is 5.69 Å². The number of hydrogen-bond acceptors (Lipinski definition) is 4. The first-order valence-electron chi connectivity index (χ1n) is 5.93. The third-order valence-electron chi connectivity index (χ3n) is 3.02. The van der Waals surface area contributed by atoms with Crippen LogP contribution in [0.4, 0.5) is 0 Å². The van der Waals surface area contributed by atoms with E-state index in [-0.39, 0.29) is 0 Å². The smallest absolute Gasteiger partial charge is 0.366 e. The van der Waals surface area contributed by atoms with Crippen LogP contribution in [0.3, 0.4) is 0 Å². The Labute approximate surface area is 115 Å². The number of aryl methyl sites for hydroxylation is 1. The van der Waals surface area contributed by atoms with Crippen molar-refractivity contribution in [1.29, 1.82) is 0 Å². The molecule has 20 heavy (non-hydrogen) atoms. The van der Waals surface area contributed by atoms with Crippen LogP contribution in [-0.2, 0) is 11.6 Å². The molecule has 0 saturated carbocycles. The summed E-state index contributed by atoms with van der Waals surface area (Å²) in [5.41, 5.74) is 2.37. The first-order chi connectivity index (χ1) is 9.66. The van der Waals surface area contributed by atoms with Gasteiger partial charge in [-0.25, -0.2) is 14.5 Å². The van der Waals surface area contributed by atoms with Gasteiger partial charge in [0.1, 0.15) is 12.0 Å². The van der Waals surface area contributed by atoms with Crippen LogP contribution in [0.2, 0.25) is 0 Å². The molecule has 6 nitrogen and oxygen atoms in total. The van der Waals surface area contributed by atoms with Crippen LogP contribution >= 0.6 is 8.25 Å². The predicted molar refractivity (Wildman–Crippen MR) is 75.8 cm³/mol. The maximum atomic E-state index is 10.9. The van der Waals surface area contributed by atoms with Crippen LogP contribution in [0.15, 0.2) is 42.7 Å². The summed E-state index contributed by atoms with van der Waals surface area (Å²) in [6.45, 7) is 0. The molecule has 2 heterocycles. The largest absolute Gasteiger partial charge is 0.410 e. The third-order valence-corrected chi connectivity index (χ3v) is 3.40. The van der Waals surface area contributed by atoms with Gasteiger partial charge >= 0.3 is 8.25 Å². The minimum atomic E-state index is -3.05. The average molecular weight is 289 g/mol. The third kappa shape index (κ3) is 2.19. The molecule has 3 rings (SSSR count). The highest BCUT2D eigenvalue weighted by atomic mass is 31.1. The molecule has 0 bridgehead atoms. The second kappa shape index (κ2) is 5.07. The molecule has 3 aromatic rings. The van der Waals surface area contributed by atoms with Gasteiger partial charge < -0.3 is 9.42 Å². The Hall–Kier alpha value is -2.17. The SMILES string of the molecule is Cn1c(O[PH](=O)O)cc2c(-c3ccccc3)ncnc21. The van der Waals surface area contributed by atoms with E-state index in [1.165, 1.54) is 6.33 Å². The molecule has 0 aliphatic carbocycles. The van der Waals surface area contributed by atoms with E-state index in [0.29, 0.717) is 11.5 Å². The molecular weight excluding hydrogens is 277 g/mol. The van der Waals surface area contributed by atoms with Gasteiger partial charge in [0.25, 0.3) is 0 Å². The Morgan fingerprint density at radius 1 is 1.25 bits per heavy atom. The van der Waals surface area contributed by atoms with E-state index >= 15 is 0 Å². The molecule has 7 heteroatoms. The van der Waals surface area contributed by atoms with E-state index in [0.717, 1.165) is 16.6 Å². The highest BCUT2D eigenvalue weighted by Gasteiger charge is 2.14. The average Bonchev–Trinajstić information content (AvgIpc) is 2.76. The van der Waals surface area contributed by atoms with Crippen molar-refractivity contribution in [3.05, 3.63) is 42.7 Å². The van der Waals surface area contributed by atoms with Crippen molar-refractivity contribution in [3.8, 4) is 17.1 Å². The van der Waals surface area contributed by atoms with Crippen molar-refractivity contribution in [2.45, 2.75) is 0 Å². The van der Waals surface area contributed by atoms with Gasteiger partial charge in [0, 0.05) is 24.1 Å². The summed E-state index contributed by atoms with van der Waals surface area (Å²) in [7, 11) is -1.33. The lowest BCUT2D eigenvalue weighted by Crippen LogP contribution is -1.94. The van der Waals surface area contributed by atoms with Crippen LogP contribution in [0, 0.1) is 0 Å². The van der Waals surface area contributed by atoms with E-state index < -0.39 is 8.25 Å². The Morgan fingerprint density at radius 2 is 2.00 bits per heavy atom. The number of hydrogen-bond donors (Lipinski definition) is 1. The summed E-state index contributed by atoms with van der Waals surface area (Å²) in [6.07, 6.45) is 1.47. The van der Waals surface area contributed by atoms with Gasteiger partial charge in [-0.3, -0.25) is 4.57 Å². The quantitative estimate of drug-likeness (QED) is 0.749. The standard InChI is InChI=1S/C13H12N3O3P/c1-16-11(19-20(17)18)7-10-12(14-8-15-13(10)16)9-5-3-2-4-6-9/h2-8,20H,1H3,(H,17,18). The molecule has 0 aliphatic heterocycles. The number of benzene rings is 1. The molecule has 0 saturated heterocycles. The molecule has 1 unspecified atom stereocenters. The van der Waals surface area contributed by atoms with E-state index in [4.69, 9.17) is 9.42 Å². The number of rotatable bonds is 3. The second-order valence-corrected chi connectivity index (χ2v) is 4.97. The fourth-order valence-electron chi connectivity index (χ4n) is 2.12. The molecule has 102 valence electrons. The molecule has 1 aromatic carbocycles. The second-order valence-electron chi connectivity index (χ2n) is 4.24. The van der Waals surface area contributed by atoms with Crippen molar-refractivity contribution in [3.63, 3.8) is 0 Å². The van der Waals surface area contributed by atoms with Gasteiger partial charge in [0.15, 0.2) is 0 Å². The van der Waals surface area contributed by atoms with Gasteiger partial charge in [0.2, 0.25) is 5.88 Å². The topological polar surface area (TPSA) is 77.2 Å². The Morgan fingerprint density at radius 3 is 2.70 bits per heavy atom. The lowest BCUT2D eigenvalue weighted by Gasteiger charge is -2.03. The zero-order chi connectivity index (χ0) is 14.1. The predicted octanol–water partition coefficient (Wildman–Crippen LogP) is 2.40. The molecule has 0 fully saturated rings. The fraction of sp³-hybridized carbons (Fsp3) is 0.0769. The van der Waals surface area contributed by atoms with Crippen molar-refractivity contribution >= 4 is 19.3 Å². The molecule has 0 aliphatic rings. The zero-order valence-electron chi connectivity index (χ0n) is 10.6. The number of fused-ring (bicyclic) bond motifs is 1. The molecular formula is C13H12N3O3P. The van der Waals surface area contributed by atoms with Crippen LogP contribution in [-0.4, -0.2) is 19.4 Å². The van der Waals surface area contributed by atoms with Crippen molar-refractivity contribution in [2.75, 3.05) is 0 Å². The summed E-state index contributed by atoms with van der Waals surface area (Å²) in [4.78, 5) is 17.4. The molecule has 2 aromatic heterocycles. The zero-order valence-corrected chi connectivity index (χ0v) is 11.6. The van der Waals surface area contributed by atoms with E-state index in [1.807, 2.05) is 30.3 Å². The van der Waals surface area contributed by atoms with Crippen LogP contribution in [0.5, 0.6) is 5.88 Å². The Kier molecular flexibility index (Phi) is 3.26. The van der Waals surface area contributed by atoms with E-state index in [9.17, 15) is 4.57 Å². The minimum absolute atomic E-state index is 0.295. The summed E-state index contributed by atoms with van der Waals surface area (Å²) < 4.78 is 17.4. The van der Waals surface area contributed by atoms with Gasteiger partial charge in [-0.15, -0.1) is 0 Å². The van der Waals surface area contributed by atoms with Crippen LogP contribution in [0.1, 0.15) is 0 Å². The summed E-state index contributed by atoms with van der Waals surface area (Å²) >= 11 is 0. The molecule has 1 atom stereocenters. The van der Waals surface area contributed by atoms with Crippen LogP contribution in [0.25, 0.3) is 22.3 Å². The Bertz CT molecular complexity index is 786. The normalized spacial score (nSPS) is 12.5. The maximum absolute atomic E-state index is 10.9. The summed E-state index contributed by atoms with van der Waals surface area (Å²) in [5, 5.41) is 0.777. The lowest BCUT2D eigenvalue weighted by molar-refractivity contribution is 0.398. The fourth-order valence-corrected chi connectivity index (χ4v) is 2.50. The van der Waals surface area contributed by atoms with Gasteiger partial charge in [-0.05, 0) is 0 Å². The number of nitrogens with zero attached hydrogens (tertiary/aromatic N) is 3. The summed E-state index contributed by atoms with van der Waals surface area (Å²) in [5.74, 6) is 0.295. The minimum Gasteiger partial charge on any atom is -0.410 e. The van der Waals surface area contributed by atoms with Crippen molar-refractivity contribution < 1.29 is 14.0 Å². The van der Waals surface area contributed by atoms with E-state index in [1.54, 1.807) is 17.7 Å². The maximum Gasteiger partial charge on any atom is 0.366 e. The summed E-state index contributed by atoms with van der Waals surface area (Å²) in [6, 6.07) is 11.4. The Balaban J connectivity index is 2.22. The lowest BCUT2D eigenvalue weighted by atomic mass is 10.1. The van der Waals surface area contributed by atoms with Crippen molar-refractivity contribution in [2.24, 2.45) is 7.05 Å². The molecule has 0 radical (unpaired) electrons. The molecule has 0 amide bonds. The van der Waals surface area contributed by atoms with E-state index in [2.05, 4.69) is 9.97 Å². The van der Waals surface area contributed by atoms with Crippen molar-refractivity contribution in [1.82, 2.24) is 14.5 Å². The molecule has 0 spiro atoms. The monoisotopic (exact) mass is 289 g/mol. The highest BCUT2D eigenvalue weighted by molar-refractivity contribution is 7.32. The molecule has 1 N–H and O–H groups in total. The first-order valence-corrected chi connectivity index (χ1v) is 7.20. The first kappa shape index (κ1) is 12.8. The van der Waals surface area contributed by atoms with Crippen LogP contribution < -0.4 is 4.52 Å². The van der Waals surface area contributed by atoms with Gasteiger partial charge in [-0.1, -0.05) is 30.3 Å². The van der Waals surface area contributed by atoms with Gasteiger partial charge in [-0.2, -0.15) is 0 Å².